The highest BCUT2D eigenvalue weighted by Gasteiger charge is 2.21. The van der Waals surface area contributed by atoms with Crippen LogP contribution in [0.5, 0.6) is 0 Å². The summed E-state index contributed by atoms with van der Waals surface area (Å²) in [4.78, 5) is 2.37. The molecule has 0 aliphatic rings. The van der Waals surface area contributed by atoms with E-state index in [9.17, 15) is 0 Å². The largest absolute Gasteiger partial charge is 0.455 e. The minimum atomic E-state index is 0.907. The molecule has 0 saturated heterocycles. The molecule has 0 bridgehead atoms. The molecule has 3 nitrogen and oxygen atoms in total. The number of hydrogen-bond acceptors (Lipinski definition) is 2. The summed E-state index contributed by atoms with van der Waals surface area (Å²) >= 11 is 0. The fourth-order valence-corrected chi connectivity index (χ4v) is 8.56. The van der Waals surface area contributed by atoms with Gasteiger partial charge in [-0.3, -0.25) is 0 Å². The molecule has 0 N–H and O–H groups in total. The molecule has 0 aliphatic carbocycles. The Bertz CT molecular complexity index is 3150. The van der Waals surface area contributed by atoms with Gasteiger partial charge in [0.15, 0.2) is 0 Å². The SMILES string of the molecule is c1ccc(N(c2ccc(-c3cccc4c3oc3ccccc34)cc2)c2ccc(-c3ccccc3-n3c4ccccc4c4ccccc43)c3ccccc23)cc1. The lowest BCUT2D eigenvalue weighted by molar-refractivity contribution is 0.670. The summed E-state index contributed by atoms with van der Waals surface area (Å²) in [7, 11) is 0. The summed E-state index contributed by atoms with van der Waals surface area (Å²) < 4.78 is 8.84. The number of furan rings is 1. The first-order chi connectivity index (χ1) is 27.3. The first-order valence-electron chi connectivity index (χ1n) is 18.8. The molecule has 0 unspecified atom stereocenters. The first-order valence-corrected chi connectivity index (χ1v) is 18.8. The van der Waals surface area contributed by atoms with Crippen molar-refractivity contribution in [3.05, 3.63) is 206 Å². The van der Waals surface area contributed by atoms with Crippen molar-refractivity contribution in [1.29, 1.82) is 0 Å². The second kappa shape index (κ2) is 12.6. The van der Waals surface area contributed by atoms with Gasteiger partial charge in [-0.2, -0.15) is 0 Å². The van der Waals surface area contributed by atoms with Gasteiger partial charge in [0, 0.05) is 49.4 Å². The Labute approximate surface area is 318 Å². The Hall–Kier alpha value is -7.36. The molecule has 2 heterocycles. The Kier molecular flexibility index (Phi) is 7.17. The van der Waals surface area contributed by atoms with E-state index in [0.717, 1.165) is 55.8 Å². The van der Waals surface area contributed by atoms with Crippen LogP contribution in [0.4, 0.5) is 17.1 Å². The van der Waals surface area contributed by atoms with E-state index in [2.05, 4.69) is 204 Å². The third-order valence-corrected chi connectivity index (χ3v) is 11.0. The van der Waals surface area contributed by atoms with E-state index >= 15 is 0 Å². The van der Waals surface area contributed by atoms with E-state index in [1.807, 2.05) is 12.1 Å². The van der Waals surface area contributed by atoms with Crippen LogP contribution in [-0.4, -0.2) is 4.57 Å². The Morgan fingerprint density at radius 2 is 0.909 bits per heavy atom. The van der Waals surface area contributed by atoms with Crippen LogP contribution < -0.4 is 4.90 Å². The molecule has 0 aliphatic heterocycles. The van der Waals surface area contributed by atoms with Gasteiger partial charge in [-0.05, 0) is 71.1 Å². The fraction of sp³-hybridized carbons (Fsp3) is 0. The van der Waals surface area contributed by atoms with Crippen molar-refractivity contribution in [1.82, 2.24) is 4.57 Å². The van der Waals surface area contributed by atoms with Gasteiger partial charge in [0.25, 0.3) is 0 Å². The highest BCUT2D eigenvalue weighted by molar-refractivity contribution is 6.12. The van der Waals surface area contributed by atoms with E-state index in [0.29, 0.717) is 0 Å². The van der Waals surface area contributed by atoms with Crippen LogP contribution in [0.15, 0.2) is 211 Å². The molecule has 0 amide bonds. The van der Waals surface area contributed by atoms with Crippen LogP contribution in [-0.2, 0) is 0 Å². The van der Waals surface area contributed by atoms with Crippen molar-refractivity contribution in [2.24, 2.45) is 0 Å². The Balaban J connectivity index is 1.07. The molecule has 2 aromatic heterocycles. The third-order valence-electron chi connectivity index (χ3n) is 11.0. The number of aromatic nitrogens is 1. The topological polar surface area (TPSA) is 21.3 Å². The van der Waals surface area contributed by atoms with E-state index in [1.165, 1.54) is 43.7 Å². The van der Waals surface area contributed by atoms with E-state index in [4.69, 9.17) is 4.42 Å². The van der Waals surface area contributed by atoms with Gasteiger partial charge in [-0.15, -0.1) is 0 Å². The lowest BCUT2D eigenvalue weighted by Crippen LogP contribution is -2.10. The van der Waals surface area contributed by atoms with Crippen LogP contribution >= 0.6 is 0 Å². The first kappa shape index (κ1) is 31.2. The zero-order chi connectivity index (χ0) is 36.3. The Morgan fingerprint density at radius 3 is 1.67 bits per heavy atom. The molecule has 11 aromatic rings. The minimum Gasteiger partial charge on any atom is -0.455 e. The average Bonchev–Trinajstić information content (AvgIpc) is 3.81. The number of rotatable bonds is 6. The number of fused-ring (bicyclic) bond motifs is 7. The third kappa shape index (κ3) is 4.98. The van der Waals surface area contributed by atoms with Crippen LogP contribution in [0.1, 0.15) is 0 Å². The smallest absolute Gasteiger partial charge is 0.143 e. The molecular weight excluding hydrogens is 669 g/mol. The van der Waals surface area contributed by atoms with Gasteiger partial charge in [-0.25, -0.2) is 0 Å². The summed E-state index contributed by atoms with van der Waals surface area (Å²) in [6, 6.07) is 73.9. The highest BCUT2D eigenvalue weighted by atomic mass is 16.3. The van der Waals surface area contributed by atoms with Crippen molar-refractivity contribution in [2.45, 2.75) is 0 Å². The summed E-state index contributed by atoms with van der Waals surface area (Å²) in [5, 5.41) is 7.16. The maximum absolute atomic E-state index is 6.41. The monoisotopic (exact) mass is 702 g/mol. The maximum Gasteiger partial charge on any atom is 0.143 e. The minimum absolute atomic E-state index is 0.907. The van der Waals surface area contributed by atoms with Gasteiger partial charge < -0.3 is 13.9 Å². The zero-order valence-electron chi connectivity index (χ0n) is 29.9. The maximum atomic E-state index is 6.41. The number of nitrogens with zero attached hydrogens (tertiary/aromatic N) is 2. The number of para-hydroxylation sites is 6. The van der Waals surface area contributed by atoms with Crippen LogP contribution in [0.25, 0.3) is 82.5 Å². The van der Waals surface area contributed by atoms with Crippen LogP contribution in [0.2, 0.25) is 0 Å². The average molecular weight is 703 g/mol. The van der Waals surface area contributed by atoms with E-state index in [1.54, 1.807) is 0 Å². The van der Waals surface area contributed by atoms with Crippen molar-refractivity contribution in [2.75, 3.05) is 4.90 Å². The fourth-order valence-electron chi connectivity index (χ4n) is 8.56. The number of hydrogen-bond donors (Lipinski definition) is 0. The molecule has 9 aromatic carbocycles. The van der Waals surface area contributed by atoms with Crippen molar-refractivity contribution in [3.8, 4) is 27.9 Å². The molecule has 3 heteroatoms. The standard InChI is InChI=1S/C52H34N2O/c1-2-15-36(16-3-1)53(37-31-29-35(30-32-37)38-23-14-24-46-45-22-9-13-28-51(45)55-52(38)46)50-34-33-40(39-17-4-5-18-41(39)50)42-19-6-10-25-47(42)54-48-26-11-7-20-43(48)44-21-8-12-27-49(44)54/h1-34H. The molecular formula is C52H34N2O. The second-order valence-corrected chi connectivity index (χ2v) is 14.1. The van der Waals surface area contributed by atoms with E-state index < -0.39 is 0 Å². The van der Waals surface area contributed by atoms with Gasteiger partial charge in [0.05, 0.1) is 22.4 Å². The van der Waals surface area contributed by atoms with Crippen molar-refractivity contribution >= 4 is 71.6 Å². The summed E-state index contributed by atoms with van der Waals surface area (Å²) in [6.07, 6.45) is 0. The molecule has 0 radical (unpaired) electrons. The second-order valence-electron chi connectivity index (χ2n) is 14.1. The summed E-state index contributed by atoms with van der Waals surface area (Å²) in [5.41, 5.74) is 13.3. The highest BCUT2D eigenvalue weighted by Crippen LogP contribution is 2.45. The molecule has 0 fully saturated rings. The zero-order valence-corrected chi connectivity index (χ0v) is 29.9. The molecule has 11 rings (SSSR count). The van der Waals surface area contributed by atoms with Crippen LogP contribution in [0, 0.1) is 0 Å². The molecule has 55 heavy (non-hydrogen) atoms. The Morgan fingerprint density at radius 1 is 0.345 bits per heavy atom. The molecule has 258 valence electrons. The normalized spacial score (nSPS) is 11.6. The van der Waals surface area contributed by atoms with E-state index in [-0.39, 0.29) is 0 Å². The van der Waals surface area contributed by atoms with Gasteiger partial charge in [0.2, 0.25) is 0 Å². The summed E-state index contributed by atoms with van der Waals surface area (Å²) in [6.45, 7) is 0. The lowest BCUT2D eigenvalue weighted by atomic mass is 9.95. The number of benzene rings is 9. The lowest BCUT2D eigenvalue weighted by Gasteiger charge is -2.28. The molecule has 0 saturated carbocycles. The van der Waals surface area contributed by atoms with Crippen molar-refractivity contribution in [3.63, 3.8) is 0 Å². The number of anilines is 3. The van der Waals surface area contributed by atoms with Gasteiger partial charge in [0.1, 0.15) is 11.2 Å². The summed E-state index contributed by atoms with van der Waals surface area (Å²) in [5.74, 6) is 0. The molecule has 0 atom stereocenters. The van der Waals surface area contributed by atoms with Gasteiger partial charge >= 0.3 is 0 Å². The predicted octanol–water partition coefficient (Wildman–Crippen LogP) is 14.6. The van der Waals surface area contributed by atoms with Gasteiger partial charge in [-0.1, -0.05) is 152 Å². The van der Waals surface area contributed by atoms with Crippen LogP contribution in [0.3, 0.4) is 0 Å². The molecule has 0 spiro atoms. The quantitative estimate of drug-likeness (QED) is 0.172. The predicted molar refractivity (Wildman–Crippen MR) is 231 cm³/mol. The van der Waals surface area contributed by atoms with Crippen molar-refractivity contribution < 1.29 is 4.42 Å².